The monoisotopic (exact) mass is 309 g/mol. The van der Waals surface area contributed by atoms with Crippen LogP contribution in [-0.4, -0.2) is 55.5 Å². The van der Waals surface area contributed by atoms with Crippen molar-refractivity contribution >= 4 is 23.2 Å². The Morgan fingerprint density at radius 3 is 2.62 bits per heavy atom. The Morgan fingerprint density at radius 2 is 2.05 bits per heavy atom. The molecule has 0 aliphatic carbocycles. The van der Waals surface area contributed by atoms with Gasteiger partial charge in [-0.3, -0.25) is 4.79 Å². The van der Waals surface area contributed by atoms with E-state index in [1.54, 1.807) is 31.1 Å². The second-order valence-electron chi connectivity index (χ2n) is 5.74. The van der Waals surface area contributed by atoms with Gasteiger partial charge in [0.05, 0.1) is 5.56 Å². The van der Waals surface area contributed by atoms with Gasteiger partial charge in [0.2, 0.25) is 0 Å². The molecule has 1 N–H and O–H groups in total. The molecule has 1 heterocycles. The summed E-state index contributed by atoms with van der Waals surface area (Å²) in [6.07, 6.45) is 2.19. The quantitative estimate of drug-likeness (QED) is 0.929. The van der Waals surface area contributed by atoms with Crippen LogP contribution in [0.4, 0.5) is 5.69 Å². The van der Waals surface area contributed by atoms with Crippen molar-refractivity contribution < 1.29 is 4.79 Å². The number of carbonyl (C=O) groups is 1. The van der Waals surface area contributed by atoms with Gasteiger partial charge in [-0.1, -0.05) is 18.5 Å². The molecule has 1 amide bonds. The zero-order chi connectivity index (χ0) is 15.4. The lowest BCUT2D eigenvalue weighted by Gasteiger charge is -2.32. The van der Waals surface area contributed by atoms with Crippen LogP contribution >= 0.6 is 11.6 Å². The average molecular weight is 310 g/mol. The minimum atomic E-state index is 0.000149. The first-order chi connectivity index (χ1) is 10.0. The zero-order valence-corrected chi connectivity index (χ0v) is 13.8. The van der Waals surface area contributed by atoms with Gasteiger partial charge in [-0.15, -0.1) is 0 Å². The highest BCUT2D eigenvalue weighted by molar-refractivity contribution is 6.31. The van der Waals surface area contributed by atoms with Gasteiger partial charge in [0.25, 0.3) is 5.91 Å². The van der Waals surface area contributed by atoms with Crippen LogP contribution in [0.1, 0.15) is 30.1 Å². The molecular weight excluding hydrogens is 286 g/mol. The molecule has 0 radical (unpaired) electrons. The molecule has 1 aliphatic heterocycles. The average Bonchev–Trinajstić information content (AvgIpc) is 2.47. The number of halogens is 1. The lowest BCUT2D eigenvalue weighted by molar-refractivity contribution is 0.0828. The van der Waals surface area contributed by atoms with Crippen molar-refractivity contribution in [2.75, 3.05) is 39.0 Å². The van der Waals surface area contributed by atoms with Gasteiger partial charge in [-0.25, -0.2) is 0 Å². The van der Waals surface area contributed by atoms with E-state index in [1.165, 1.54) is 0 Å². The maximum atomic E-state index is 12.3. The SMILES string of the molecule is CCN1CCC(Nc2cc(Cl)ccc2C(=O)N(C)C)CC1. The van der Waals surface area contributed by atoms with Gasteiger partial charge in [0.1, 0.15) is 0 Å². The molecule has 0 bridgehead atoms. The Bertz CT molecular complexity index is 496. The summed E-state index contributed by atoms with van der Waals surface area (Å²) in [5.74, 6) is 0.000149. The highest BCUT2D eigenvalue weighted by Gasteiger charge is 2.20. The molecular formula is C16H24ClN3O. The van der Waals surface area contributed by atoms with Crippen LogP contribution < -0.4 is 5.32 Å². The van der Waals surface area contributed by atoms with Crippen LogP contribution in [0, 0.1) is 0 Å². The van der Waals surface area contributed by atoms with Gasteiger partial charge >= 0.3 is 0 Å². The molecule has 21 heavy (non-hydrogen) atoms. The van der Waals surface area contributed by atoms with E-state index in [-0.39, 0.29) is 5.91 Å². The van der Waals surface area contributed by atoms with Crippen molar-refractivity contribution in [2.24, 2.45) is 0 Å². The van der Waals surface area contributed by atoms with E-state index in [4.69, 9.17) is 11.6 Å². The minimum absolute atomic E-state index is 0.000149. The molecule has 5 heteroatoms. The summed E-state index contributed by atoms with van der Waals surface area (Å²) in [6.45, 7) is 5.50. The van der Waals surface area contributed by atoms with Crippen LogP contribution in [0.5, 0.6) is 0 Å². The summed E-state index contributed by atoms with van der Waals surface area (Å²) in [6, 6.07) is 5.82. The number of likely N-dealkylation sites (tertiary alicyclic amines) is 1. The fourth-order valence-electron chi connectivity index (χ4n) is 2.68. The number of hydrogen-bond donors (Lipinski definition) is 1. The molecule has 0 spiro atoms. The van der Waals surface area contributed by atoms with Crippen molar-refractivity contribution in [3.05, 3.63) is 28.8 Å². The number of piperidine rings is 1. The number of anilines is 1. The lowest BCUT2D eigenvalue weighted by Crippen LogP contribution is -2.39. The smallest absolute Gasteiger partial charge is 0.255 e. The fraction of sp³-hybridized carbons (Fsp3) is 0.562. The minimum Gasteiger partial charge on any atom is -0.382 e. The Morgan fingerprint density at radius 1 is 1.38 bits per heavy atom. The summed E-state index contributed by atoms with van der Waals surface area (Å²) in [5, 5.41) is 4.16. The van der Waals surface area contributed by atoms with Gasteiger partial charge in [0, 0.05) is 43.9 Å². The third-order valence-electron chi connectivity index (χ3n) is 4.01. The number of carbonyl (C=O) groups excluding carboxylic acids is 1. The number of nitrogens with zero attached hydrogens (tertiary/aromatic N) is 2. The number of amides is 1. The predicted octanol–water partition coefficient (Wildman–Crippen LogP) is 2.94. The third-order valence-corrected chi connectivity index (χ3v) is 4.25. The zero-order valence-electron chi connectivity index (χ0n) is 13.0. The summed E-state index contributed by atoms with van der Waals surface area (Å²) >= 11 is 6.09. The maximum Gasteiger partial charge on any atom is 0.255 e. The summed E-state index contributed by atoms with van der Waals surface area (Å²) in [5.41, 5.74) is 1.53. The molecule has 1 fully saturated rings. The first-order valence-electron chi connectivity index (χ1n) is 7.51. The maximum absolute atomic E-state index is 12.3. The highest BCUT2D eigenvalue weighted by Crippen LogP contribution is 2.25. The molecule has 0 atom stereocenters. The Hall–Kier alpha value is -1.26. The number of benzene rings is 1. The van der Waals surface area contributed by atoms with Gasteiger partial charge in [-0.2, -0.15) is 0 Å². The van der Waals surface area contributed by atoms with E-state index < -0.39 is 0 Å². The Kier molecular flexibility index (Phi) is 5.48. The molecule has 1 aliphatic rings. The number of nitrogens with one attached hydrogen (secondary N) is 1. The van der Waals surface area contributed by atoms with Crippen LogP contribution in [0.2, 0.25) is 5.02 Å². The summed E-state index contributed by atoms with van der Waals surface area (Å²) in [7, 11) is 3.53. The predicted molar refractivity (Wildman–Crippen MR) is 88.2 cm³/mol. The van der Waals surface area contributed by atoms with Crippen molar-refractivity contribution in [2.45, 2.75) is 25.8 Å². The normalized spacial score (nSPS) is 16.8. The van der Waals surface area contributed by atoms with E-state index in [2.05, 4.69) is 17.1 Å². The van der Waals surface area contributed by atoms with E-state index >= 15 is 0 Å². The van der Waals surface area contributed by atoms with Gasteiger partial charge < -0.3 is 15.1 Å². The van der Waals surface area contributed by atoms with Crippen molar-refractivity contribution in [1.82, 2.24) is 9.80 Å². The summed E-state index contributed by atoms with van der Waals surface area (Å²) in [4.78, 5) is 16.3. The molecule has 116 valence electrons. The van der Waals surface area contributed by atoms with E-state index in [0.29, 0.717) is 16.6 Å². The highest BCUT2D eigenvalue weighted by atomic mass is 35.5. The third kappa shape index (κ3) is 4.11. The molecule has 0 unspecified atom stereocenters. The van der Waals surface area contributed by atoms with Crippen molar-refractivity contribution in [3.8, 4) is 0 Å². The topological polar surface area (TPSA) is 35.6 Å². The molecule has 0 saturated carbocycles. The largest absolute Gasteiger partial charge is 0.382 e. The van der Waals surface area contributed by atoms with Crippen LogP contribution in [0.25, 0.3) is 0 Å². The first-order valence-corrected chi connectivity index (χ1v) is 7.89. The van der Waals surface area contributed by atoms with Crippen LogP contribution in [-0.2, 0) is 0 Å². The Balaban J connectivity index is 2.12. The van der Waals surface area contributed by atoms with Crippen LogP contribution in [0.15, 0.2) is 18.2 Å². The number of rotatable bonds is 4. The van der Waals surface area contributed by atoms with Crippen molar-refractivity contribution in [1.29, 1.82) is 0 Å². The fourth-order valence-corrected chi connectivity index (χ4v) is 2.85. The van der Waals surface area contributed by atoms with Crippen LogP contribution in [0.3, 0.4) is 0 Å². The molecule has 4 nitrogen and oxygen atoms in total. The molecule has 1 saturated heterocycles. The molecule has 1 aromatic carbocycles. The summed E-state index contributed by atoms with van der Waals surface area (Å²) < 4.78 is 0. The first kappa shape index (κ1) is 16.1. The second kappa shape index (κ2) is 7.14. The van der Waals surface area contributed by atoms with Crippen molar-refractivity contribution in [3.63, 3.8) is 0 Å². The van der Waals surface area contributed by atoms with Gasteiger partial charge in [-0.05, 0) is 37.6 Å². The van der Waals surface area contributed by atoms with E-state index in [0.717, 1.165) is 38.2 Å². The second-order valence-corrected chi connectivity index (χ2v) is 6.18. The Labute approximate surface area is 132 Å². The molecule has 2 rings (SSSR count). The van der Waals surface area contributed by atoms with E-state index in [9.17, 15) is 4.79 Å². The van der Waals surface area contributed by atoms with Gasteiger partial charge in [0.15, 0.2) is 0 Å². The number of hydrogen-bond acceptors (Lipinski definition) is 3. The molecule has 0 aromatic heterocycles. The van der Waals surface area contributed by atoms with E-state index in [1.807, 2.05) is 6.07 Å². The molecule has 1 aromatic rings. The standard InChI is InChI=1S/C16H24ClN3O/c1-4-20-9-7-13(8-10-20)18-15-11-12(17)5-6-14(15)16(21)19(2)3/h5-6,11,13,18H,4,7-10H2,1-3H3. The lowest BCUT2D eigenvalue weighted by atomic mass is 10.0.